The van der Waals surface area contributed by atoms with Crippen LogP contribution in [0.2, 0.25) is 0 Å². The van der Waals surface area contributed by atoms with Gasteiger partial charge in [0.25, 0.3) is 0 Å². The van der Waals surface area contributed by atoms with Gasteiger partial charge in [-0.25, -0.2) is 14.6 Å². The molecule has 0 saturated heterocycles. The monoisotopic (exact) mass is 297 g/mol. The molecule has 2 heterocycles. The smallest absolute Gasteiger partial charge is 0.347 e. The second-order valence-electron chi connectivity index (χ2n) is 3.65. The molecule has 19 heavy (non-hydrogen) atoms. The number of carbonyl (C=O) groups is 2. The molecule has 0 bridgehead atoms. The molecule has 0 unspecified atom stereocenters. The minimum absolute atomic E-state index is 0.203. The van der Waals surface area contributed by atoms with Crippen LogP contribution in [0.1, 0.15) is 20.4 Å². The van der Waals surface area contributed by atoms with Gasteiger partial charge in [0.05, 0.1) is 17.9 Å². The highest BCUT2D eigenvalue weighted by atomic mass is 32.1. The number of carboxylic acid groups (broad SMARTS) is 1. The fourth-order valence-corrected chi connectivity index (χ4v) is 2.82. The van der Waals surface area contributed by atoms with Crippen molar-refractivity contribution >= 4 is 40.4 Å². The largest absolute Gasteiger partial charge is 0.477 e. The summed E-state index contributed by atoms with van der Waals surface area (Å²) in [5.74, 6) is -0.996. The average Bonchev–Trinajstić information content (AvgIpc) is 2.96. The van der Waals surface area contributed by atoms with Crippen LogP contribution in [0.4, 0.5) is 10.5 Å². The van der Waals surface area contributed by atoms with Crippen LogP contribution >= 0.6 is 22.7 Å². The highest BCUT2D eigenvalue weighted by Crippen LogP contribution is 2.17. The number of aromatic nitrogens is 1. The number of aromatic carboxylic acids is 1. The van der Waals surface area contributed by atoms with Gasteiger partial charge in [-0.1, -0.05) is 0 Å². The van der Waals surface area contributed by atoms with Crippen LogP contribution in [0.5, 0.6) is 0 Å². The molecule has 0 aliphatic carbocycles. The number of carbonyl (C=O) groups excluding carboxylic acids is 1. The number of hydrogen-bond donors (Lipinski definition) is 3. The van der Waals surface area contributed by atoms with Gasteiger partial charge in [-0.3, -0.25) is 0 Å². The normalized spacial score (nSPS) is 10.2. The molecule has 2 aromatic rings. The van der Waals surface area contributed by atoms with Crippen molar-refractivity contribution in [1.29, 1.82) is 0 Å². The lowest BCUT2D eigenvalue weighted by molar-refractivity contribution is 0.0701. The Labute approximate surface area is 117 Å². The van der Waals surface area contributed by atoms with Crippen molar-refractivity contribution in [2.24, 2.45) is 0 Å². The zero-order chi connectivity index (χ0) is 13.8. The number of thiophene rings is 1. The summed E-state index contributed by atoms with van der Waals surface area (Å²) in [4.78, 5) is 26.7. The van der Waals surface area contributed by atoms with Crippen LogP contribution in [0, 0.1) is 6.92 Å². The summed E-state index contributed by atoms with van der Waals surface area (Å²) in [5, 5.41) is 18.4. The number of aryl methyl sites for hydroxylation is 1. The molecule has 2 rings (SSSR count). The van der Waals surface area contributed by atoms with E-state index < -0.39 is 5.97 Å². The van der Waals surface area contributed by atoms with Crippen molar-refractivity contribution in [3.05, 3.63) is 32.4 Å². The molecule has 100 valence electrons. The Morgan fingerprint density at radius 3 is 2.84 bits per heavy atom. The third-order valence-corrected chi connectivity index (χ3v) is 4.04. The lowest BCUT2D eigenvalue weighted by Gasteiger charge is -2.03. The highest BCUT2D eigenvalue weighted by Gasteiger charge is 2.14. The van der Waals surface area contributed by atoms with Gasteiger partial charge >= 0.3 is 12.0 Å². The highest BCUT2D eigenvalue weighted by molar-refractivity contribution is 7.13. The molecule has 2 aromatic heterocycles. The van der Waals surface area contributed by atoms with Crippen molar-refractivity contribution in [2.45, 2.75) is 13.5 Å². The summed E-state index contributed by atoms with van der Waals surface area (Å²) in [6.45, 7) is 1.84. The maximum absolute atomic E-state index is 11.6. The molecule has 3 N–H and O–H groups in total. The maximum Gasteiger partial charge on any atom is 0.347 e. The summed E-state index contributed by atoms with van der Waals surface area (Å²) in [6.07, 6.45) is 0. The summed E-state index contributed by atoms with van der Waals surface area (Å²) in [5.41, 5.74) is 1.19. The summed E-state index contributed by atoms with van der Waals surface area (Å²) < 4.78 is 0. The number of hydrogen-bond acceptors (Lipinski definition) is 5. The van der Waals surface area contributed by atoms with Gasteiger partial charge in [0.2, 0.25) is 0 Å². The van der Waals surface area contributed by atoms with Crippen LogP contribution in [-0.4, -0.2) is 22.1 Å². The van der Waals surface area contributed by atoms with Gasteiger partial charge < -0.3 is 15.7 Å². The molecule has 2 amide bonds. The molecule has 0 aliphatic rings. The molecule has 6 nitrogen and oxygen atoms in total. The van der Waals surface area contributed by atoms with E-state index in [9.17, 15) is 9.59 Å². The number of anilines is 1. The third kappa shape index (κ3) is 3.52. The first kappa shape index (κ1) is 13.5. The SMILES string of the molecule is Cc1nc(CNC(=O)Nc2ccsc2)sc1C(=O)O. The molecule has 0 saturated carbocycles. The molecule has 0 spiro atoms. The zero-order valence-electron chi connectivity index (χ0n) is 9.97. The molecule has 0 aliphatic heterocycles. The number of carboxylic acids is 1. The van der Waals surface area contributed by atoms with Gasteiger partial charge in [0.15, 0.2) is 0 Å². The van der Waals surface area contributed by atoms with Crippen LogP contribution in [0.3, 0.4) is 0 Å². The van der Waals surface area contributed by atoms with E-state index in [0.29, 0.717) is 10.7 Å². The van der Waals surface area contributed by atoms with E-state index in [1.54, 1.807) is 13.0 Å². The van der Waals surface area contributed by atoms with E-state index >= 15 is 0 Å². The number of amides is 2. The lowest BCUT2D eigenvalue weighted by atomic mass is 10.4. The number of rotatable bonds is 4. The van der Waals surface area contributed by atoms with E-state index in [2.05, 4.69) is 15.6 Å². The second kappa shape index (κ2) is 5.81. The van der Waals surface area contributed by atoms with Crippen molar-refractivity contribution < 1.29 is 14.7 Å². The molecular formula is C11H11N3O3S2. The van der Waals surface area contributed by atoms with Gasteiger partial charge in [0.1, 0.15) is 9.88 Å². The van der Waals surface area contributed by atoms with Crippen molar-refractivity contribution in [3.63, 3.8) is 0 Å². The average molecular weight is 297 g/mol. The first-order chi connectivity index (χ1) is 9.06. The fraction of sp³-hybridized carbons (Fsp3) is 0.182. The van der Waals surface area contributed by atoms with E-state index in [0.717, 1.165) is 17.0 Å². The molecule has 0 atom stereocenters. The molecule has 8 heteroatoms. The first-order valence-electron chi connectivity index (χ1n) is 5.33. The van der Waals surface area contributed by atoms with E-state index in [1.807, 2.05) is 10.8 Å². The Morgan fingerprint density at radius 2 is 2.26 bits per heavy atom. The van der Waals surface area contributed by atoms with Gasteiger partial charge in [-0.15, -0.1) is 11.3 Å². The quantitative estimate of drug-likeness (QED) is 0.808. The Balaban J connectivity index is 1.90. The van der Waals surface area contributed by atoms with Crippen LogP contribution < -0.4 is 10.6 Å². The maximum atomic E-state index is 11.6. The first-order valence-corrected chi connectivity index (χ1v) is 7.09. The standard InChI is InChI=1S/C11H11N3O3S2/c1-6-9(10(15)16)19-8(13-6)4-12-11(17)14-7-2-3-18-5-7/h2-3,5H,4H2,1H3,(H,15,16)(H2,12,14,17). The summed E-state index contributed by atoms with van der Waals surface area (Å²) >= 11 is 2.55. The molecule has 0 radical (unpaired) electrons. The van der Waals surface area contributed by atoms with Crippen molar-refractivity contribution in [3.8, 4) is 0 Å². The number of nitrogens with one attached hydrogen (secondary N) is 2. The Morgan fingerprint density at radius 1 is 1.47 bits per heavy atom. The van der Waals surface area contributed by atoms with E-state index in [4.69, 9.17) is 5.11 Å². The number of nitrogens with zero attached hydrogens (tertiary/aromatic N) is 1. The fourth-order valence-electron chi connectivity index (χ4n) is 1.39. The number of urea groups is 1. The van der Waals surface area contributed by atoms with Crippen LogP contribution in [0.25, 0.3) is 0 Å². The van der Waals surface area contributed by atoms with Gasteiger partial charge in [-0.2, -0.15) is 11.3 Å². The van der Waals surface area contributed by atoms with Crippen molar-refractivity contribution in [1.82, 2.24) is 10.3 Å². The predicted octanol–water partition coefficient (Wildman–Crippen LogP) is 2.53. The molecular weight excluding hydrogens is 286 g/mol. The number of thiazole rings is 1. The predicted molar refractivity (Wildman–Crippen MR) is 74.0 cm³/mol. The third-order valence-electron chi connectivity index (χ3n) is 2.21. The molecule has 0 fully saturated rings. The topological polar surface area (TPSA) is 91.3 Å². The van der Waals surface area contributed by atoms with E-state index in [1.165, 1.54) is 11.3 Å². The van der Waals surface area contributed by atoms with Crippen LogP contribution in [-0.2, 0) is 6.54 Å². The minimum Gasteiger partial charge on any atom is -0.477 e. The summed E-state index contributed by atoms with van der Waals surface area (Å²) in [7, 11) is 0. The zero-order valence-corrected chi connectivity index (χ0v) is 11.6. The second-order valence-corrected chi connectivity index (χ2v) is 5.51. The Kier molecular flexibility index (Phi) is 4.13. The van der Waals surface area contributed by atoms with Gasteiger partial charge in [-0.05, 0) is 18.4 Å². The molecule has 0 aromatic carbocycles. The van der Waals surface area contributed by atoms with E-state index in [-0.39, 0.29) is 17.5 Å². The summed E-state index contributed by atoms with van der Waals surface area (Å²) in [6, 6.07) is 1.45. The Bertz CT molecular complexity index is 592. The van der Waals surface area contributed by atoms with Crippen molar-refractivity contribution in [2.75, 3.05) is 5.32 Å². The Hall–Kier alpha value is -1.93. The van der Waals surface area contributed by atoms with Crippen LogP contribution in [0.15, 0.2) is 16.8 Å². The minimum atomic E-state index is -0.996. The lowest BCUT2D eigenvalue weighted by Crippen LogP contribution is -2.27. The van der Waals surface area contributed by atoms with Gasteiger partial charge in [0, 0.05) is 5.38 Å².